The molecule has 110 valence electrons. The van der Waals surface area contributed by atoms with Gasteiger partial charge in [0.15, 0.2) is 0 Å². The highest BCUT2D eigenvalue weighted by Gasteiger charge is 2.15. The van der Waals surface area contributed by atoms with Gasteiger partial charge in [-0.3, -0.25) is 4.79 Å². The molecule has 1 saturated heterocycles. The second-order valence-electron chi connectivity index (χ2n) is 5.06. The summed E-state index contributed by atoms with van der Waals surface area (Å²) in [4.78, 5) is 16.3. The molecule has 2 rings (SSSR count). The van der Waals surface area contributed by atoms with Gasteiger partial charge in [0, 0.05) is 24.5 Å². The van der Waals surface area contributed by atoms with E-state index < -0.39 is 0 Å². The van der Waals surface area contributed by atoms with Crippen LogP contribution in [-0.2, 0) is 0 Å². The van der Waals surface area contributed by atoms with Crippen LogP contribution in [0.1, 0.15) is 43.0 Å². The number of nitrogens with zero attached hydrogens (tertiary/aromatic N) is 1. The lowest BCUT2D eigenvalue weighted by Gasteiger charge is -2.21. The second-order valence-corrected chi connectivity index (χ2v) is 6.47. The summed E-state index contributed by atoms with van der Waals surface area (Å²) in [5, 5.41) is 6.78. The quantitative estimate of drug-likeness (QED) is 0.847. The number of hydrogen-bond donors (Lipinski definition) is 2. The zero-order valence-electron chi connectivity index (χ0n) is 12.0. The van der Waals surface area contributed by atoms with Crippen LogP contribution in [0.5, 0.6) is 0 Å². The summed E-state index contributed by atoms with van der Waals surface area (Å²) in [6, 6.07) is 3.69. The Morgan fingerprint density at radius 3 is 3.00 bits per heavy atom. The standard InChI is InChI=1S/C15H23N3OS/c1-2-8-16-14-7-6-12(10-17-14)15(19)18-11-13-5-3-4-9-20-13/h6-7,10,13H,2-5,8-9,11H2,1H3,(H,16,17)(H,18,19). The number of amides is 1. The van der Waals surface area contributed by atoms with Crippen LogP contribution in [0.4, 0.5) is 5.82 Å². The van der Waals surface area contributed by atoms with Crippen molar-refractivity contribution in [1.29, 1.82) is 0 Å². The zero-order chi connectivity index (χ0) is 14.2. The van der Waals surface area contributed by atoms with E-state index in [1.165, 1.54) is 25.0 Å². The monoisotopic (exact) mass is 293 g/mol. The van der Waals surface area contributed by atoms with Crippen molar-refractivity contribution < 1.29 is 4.79 Å². The maximum Gasteiger partial charge on any atom is 0.252 e. The molecule has 20 heavy (non-hydrogen) atoms. The van der Waals surface area contributed by atoms with Gasteiger partial charge in [-0.1, -0.05) is 13.3 Å². The van der Waals surface area contributed by atoms with Crippen molar-refractivity contribution in [2.75, 3.05) is 24.2 Å². The summed E-state index contributed by atoms with van der Waals surface area (Å²) in [5.41, 5.74) is 0.632. The Kier molecular flexibility index (Phi) is 6.18. The van der Waals surface area contributed by atoms with E-state index in [4.69, 9.17) is 0 Å². The fourth-order valence-electron chi connectivity index (χ4n) is 2.16. The molecule has 5 heteroatoms. The Labute approximate surface area is 125 Å². The van der Waals surface area contributed by atoms with E-state index in [-0.39, 0.29) is 5.91 Å². The Balaban J connectivity index is 1.79. The molecule has 0 radical (unpaired) electrons. The van der Waals surface area contributed by atoms with Crippen molar-refractivity contribution in [3.63, 3.8) is 0 Å². The van der Waals surface area contributed by atoms with E-state index in [1.807, 2.05) is 23.9 Å². The highest BCUT2D eigenvalue weighted by molar-refractivity contribution is 7.99. The zero-order valence-corrected chi connectivity index (χ0v) is 12.8. The lowest BCUT2D eigenvalue weighted by Crippen LogP contribution is -2.31. The minimum Gasteiger partial charge on any atom is -0.370 e. The molecule has 4 nitrogen and oxygen atoms in total. The highest BCUT2D eigenvalue weighted by Crippen LogP contribution is 2.24. The third-order valence-corrected chi connectivity index (χ3v) is 4.74. The van der Waals surface area contributed by atoms with Crippen molar-refractivity contribution in [1.82, 2.24) is 10.3 Å². The number of anilines is 1. The summed E-state index contributed by atoms with van der Waals surface area (Å²) >= 11 is 1.97. The summed E-state index contributed by atoms with van der Waals surface area (Å²) in [6.07, 6.45) is 6.51. The number of pyridine rings is 1. The molecule has 1 amide bonds. The first-order valence-electron chi connectivity index (χ1n) is 7.39. The van der Waals surface area contributed by atoms with Crippen molar-refractivity contribution in [2.24, 2.45) is 0 Å². The van der Waals surface area contributed by atoms with Crippen LogP contribution in [0.2, 0.25) is 0 Å². The Morgan fingerprint density at radius 1 is 1.45 bits per heavy atom. The SMILES string of the molecule is CCCNc1ccc(C(=O)NCC2CCCCS2)cn1. The number of hydrogen-bond acceptors (Lipinski definition) is 4. The van der Waals surface area contributed by atoms with Gasteiger partial charge in [0.1, 0.15) is 5.82 Å². The first-order chi connectivity index (χ1) is 9.79. The van der Waals surface area contributed by atoms with Crippen LogP contribution >= 0.6 is 11.8 Å². The lowest BCUT2D eigenvalue weighted by molar-refractivity contribution is 0.0953. The minimum atomic E-state index is -0.0225. The largest absolute Gasteiger partial charge is 0.370 e. The van der Waals surface area contributed by atoms with Crippen LogP contribution in [0.3, 0.4) is 0 Å². The first-order valence-corrected chi connectivity index (χ1v) is 8.44. The van der Waals surface area contributed by atoms with Crippen molar-refractivity contribution in [2.45, 2.75) is 37.9 Å². The van der Waals surface area contributed by atoms with Crippen molar-refractivity contribution in [3.8, 4) is 0 Å². The van der Waals surface area contributed by atoms with E-state index >= 15 is 0 Å². The molecule has 0 spiro atoms. The molecule has 1 aliphatic heterocycles. The fraction of sp³-hybridized carbons (Fsp3) is 0.600. The van der Waals surface area contributed by atoms with E-state index in [2.05, 4.69) is 22.5 Å². The topological polar surface area (TPSA) is 54.0 Å². The van der Waals surface area contributed by atoms with Gasteiger partial charge in [-0.25, -0.2) is 4.98 Å². The number of rotatable bonds is 6. The molecule has 0 saturated carbocycles. The van der Waals surface area contributed by atoms with Gasteiger partial charge >= 0.3 is 0 Å². The fourth-order valence-corrected chi connectivity index (χ4v) is 3.40. The predicted octanol–water partition coefficient (Wildman–Crippen LogP) is 2.92. The van der Waals surface area contributed by atoms with Gasteiger partial charge in [0.25, 0.3) is 5.91 Å². The Bertz CT molecular complexity index is 416. The van der Waals surface area contributed by atoms with Crippen molar-refractivity contribution in [3.05, 3.63) is 23.9 Å². The van der Waals surface area contributed by atoms with Crippen LogP contribution in [0.25, 0.3) is 0 Å². The molecule has 1 atom stereocenters. The third-order valence-electron chi connectivity index (χ3n) is 3.35. The second kappa shape index (κ2) is 8.15. The highest BCUT2D eigenvalue weighted by atomic mass is 32.2. The Morgan fingerprint density at radius 2 is 2.35 bits per heavy atom. The van der Waals surface area contributed by atoms with Gasteiger partial charge in [0.05, 0.1) is 5.56 Å². The van der Waals surface area contributed by atoms with Gasteiger partial charge in [-0.15, -0.1) is 0 Å². The molecular weight excluding hydrogens is 270 g/mol. The molecular formula is C15H23N3OS. The van der Waals surface area contributed by atoms with Crippen LogP contribution in [0, 0.1) is 0 Å². The van der Waals surface area contributed by atoms with Gasteiger partial charge in [-0.2, -0.15) is 11.8 Å². The average Bonchev–Trinajstić information content (AvgIpc) is 2.52. The van der Waals surface area contributed by atoms with Crippen LogP contribution in [-0.4, -0.2) is 35.0 Å². The maximum absolute atomic E-state index is 12.0. The van der Waals surface area contributed by atoms with E-state index in [9.17, 15) is 4.79 Å². The summed E-state index contributed by atoms with van der Waals surface area (Å²) in [5.74, 6) is 2.02. The van der Waals surface area contributed by atoms with E-state index in [0.717, 1.165) is 25.3 Å². The summed E-state index contributed by atoms with van der Waals surface area (Å²) in [6.45, 7) is 3.77. The smallest absolute Gasteiger partial charge is 0.252 e. The normalized spacial score (nSPS) is 18.6. The minimum absolute atomic E-state index is 0.0225. The van der Waals surface area contributed by atoms with Crippen LogP contribution in [0.15, 0.2) is 18.3 Å². The number of carbonyl (C=O) groups is 1. The molecule has 0 bridgehead atoms. The van der Waals surface area contributed by atoms with Crippen molar-refractivity contribution >= 4 is 23.5 Å². The summed E-state index contributed by atoms with van der Waals surface area (Å²) in [7, 11) is 0. The molecule has 1 aromatic heterocycles. The predicted molar refractivity (Wildman–Crippen MR) is 85.4 cm³/mol. The molecule has 0 aliphatic carbocycles. The van der Waals surface area contributed by atoms with E-state index in [0.29, 0.717) is 10.8 Å². The first kappa shape index (κ1) is 15.2. The molecule has 2 N–H and O–H groups in total. The number of thioether (sulfide) groups is 1. The van der Waals surface area contributed by atoms with Gasteiger partial charge in [0.2, 0.25) is 0 Å². The average molecular weight is 293 g/mol. The third kappa shape index (κ3) is 4.71. The lowest BCUT2D eigenvalue weighted by atomic mass is 10.2. The van der Waals surface area contributed by atoms with E-state index in [1.54, 1.807) is 6.20 Å². The number of nitrogens with one attached hydrogen (secondary N) is 2. The maximum atomic E-state index is 12.0. The summed E-state index contributed by atoms with van der Waals surface area (Å²) < 4.78 is 0. The molecule has 1 aliphatic rings. The number of aromatic nitrogens is 1. The molecule has 1 fully saturated rings. The molecule has 2 heterocycles. The Hall–Kier alpha value is -1.23. The number of carbonyl (C=O) groups excluding carboxylic acids is 1. The van der Waals surface area contributed by atoms with Gasteiger partial charge < -0.3 is 10.6 Å². The van der Waals surface area contributed by atoms with Gasteiger partial charge in [-0.05, 0) is 37.1 Å². The molecule has 1 unspecified atom stereocenters. The molecule has 0 aromatic carbocycles. The van der Waals surface area contributed by atoms with Crippen LogP contribution < -0.4 is 10.6 Å². The molecule has 1 aromatic rings.